The Morgan fingerprint density at radius 3 is 1.06 bits per heavy atom. The Kier molecular flexibility index (Phi) is 46.8. The summed E-state index contributed by atoms with van der Waals surface area (Å²) < 4.78 is 11.3. The highest BCUT2D eigenvalue weighted by atomic mass is 16.7. The maximum absolute atomic E-state index is 13.1. The fraction of sp³-hybridized carbons (Fsp3) is 0.983. The van der Waals surface area contributed by atoms with Gasteiger partial charge >= 0.3 is 0 Å². The second kappa shape index (κ2) is 48.8. The SMILES string of the molecule is CCCCCCCCCCCCCCCCCCCCCCCCCCCC(O)C(COC1OC(CO)C(O)C(O)C1O)NC(=O)CCCCCCCCCCCCCCCCCCCCC. The van der Waals surface area contributed by atoms with E-state index in [0.717, 1.165) is 38.5 Å². The van der Waals surface area contributed by atoms with Crippen molar-refractivity contribution >= 4 is 5.91 Å². The van der Waals surface area contributed by atoms with E-state index in [-0.39, 0.29) is 12.5 Å². The summed E-state index contributed by atoms with van der Waals surface area (Å²) in [5, 5.41) is 54.7. The van der Waals surface area contributed by atoms with Crippen LogP contribution in [-0.2, 0) is 14.3 Å². The molecule has 1 aliphatic rings. The average molecular weight is 955 g/mol. The molecule has 1 heterocycles. The van der Waals surface area contributed by atoms with Gasteiger partial charge in [0, 0.05) is 6.42 Å². The third-order valence-corrected chi connectivity index (χ3v) is 14.7. The topological polar surface area (TPSA) is 149 Å². The van der Waals surface area contributed by atoms with Crippen LogP contribution in [0.4, 0.5) is 0 Å². The summed E-state index contributed by atoms with van der Waals surface area (Å²) in [6, 6.07) is -0.713. The second-order valence-corrected chi connectivity index (χ2v) is 21.2. The minimum atomic E-state index is -1.55. The van der Waals surface area contributed by atoms with Crippen LogP contribution >= 0.6 is 0 Å². The van der Waals surface area contributed by atoms with Gasteiger partial charge in [-0.05, 0) is 12.8 Å². The Morgan fingerprint density at radius 1 is 0.448 bits per heavy atom. The zero-order valence-corrected chi connectivity index (χ0v) is 44.4. The molecular weight excluding hydrogens is 839 g/mol. The van der Waals surface area contributed by atoms with Crippen molar-refractivity contribution in [2.75, 3.05) is 13.2 Å². The van der Waals surface area contributed by atoms with Crippen LogP contribution in [0.3, 0.4) is 0 Å². The molecule has 7 atom stereocenters. The fourth-order valence-electron chi connectivity index (χ4n) is 9.99. The van der Waals surface area contributed by atoms with Crippen LogP contribution < -0.4 is 5.32 Å². The normalized spacial score (nSPS) is 19.5. The molecule has 1 saturated heterocycles. The summed E-state index contributed by atoms with van der Waals surface area (Å²) in [5.74, 6) is -0.136. The number of unbranched alkanes of at least 4 members (excludes halogenated alkanes) is 42. The van der Waals surface area contributed by atoms with Crippen molar-refractivity contribution in [2.24, 2.45) is 0 Å². The predicted octanol–water partition coefficient (Wildman–Crippen LogP) is 14.6. The molecular formula is C58H115NO8. The molecule has 0 aromatic rings. The lowest BCUT2D eigenvalue weighted by Gasteiger charge is -2.40. The molecule has 0 aromatic heterocycles. The lowest BCUT2D eigenvalue weighted by molar-refractivity contribution is -0.302. The molecule has 6 N–H and O–H groups in total. The first-order valence-electron chi connectivity index (χ1n) is 29.7. The Bertz CT molecular complexity index is 1020. The number of aliphatic hydroxyl groups excluding tert-OH is 5. The van der Waals surface area contributed by atoms with Crippen LogP contribution in [0.25, 0.3) is 0 Å². The van der Waals surface area contributed by atoms with Crippen molar-refractivity contribution in [1.29, 1.82) is 0 Å². The maximum atomic E-state index is 13.1. The number of hydrogen-bond donors (Lipinski definition) is 6. The van der Waals surface area contributed by atoms with Gasteiger partial charge in [0.15, 0.2) is 6.29 Å². The second-order valence-electron chi connectivity index (χ2n) is 21.2. The van der Waals surface area contributed by atoms with E-state index in [9.17, 15) is 30.3 Å². The van der Waals surface area contributed by atoms with Gasteiger partial charge in [-0.2, -0.15) is 0 Å². The summed E-state index contributed by atoms with van der Waals surface area (Å²) in [4.78, 5) is 13.1. The van der Waals surface area contributed by atoms with E-state index in [1.54, 1.807) is 0 Å². The van der Waals surface area contributed by atoms with Crippen LogP contribution in [0.1, 0.15) is 309 Å². The fourth-order valence-corrected chi connectivity index (χ4v) is 9.99. The molecule has 0 saturated carbocycles. The molecule has 7 unspecified atom stereocenters. The standard InChI is InChI=1S/C58H115NO8/c1-3-5-7-9-11-13-15-17-19-21-23-24-25-26-27-28-30-31-33-35-37-39-41-43-45-47-52(61)51(50-66-58-57(65)56(64)55(63)53(49-60)67-58)59-54(62)48-46-44-42-40-38-36-34-32-29-22-20-18-16-14-12-10-8-6-4-2/h51-53,55-58,60-61,63-65H,3-50H2,1-2H3,(H,59,62). The molecule has 1 amide bonds. The van der Waals surface area contributed by atoms with Gasteiger partial charge in [0.05, 0.1) is 25.4 Å². The monoisotopic (exact) mass is 954 g/mol. The van der Waals surface area contributed by atoms with E-state index >= 15 is 0 Å². The van der Waals surface area contributed by atoms with Crippen LogP contribution in [0.2, 0.25) is 0 Å². The molecule has 1 fully saturated rings. The highest BCUT2D eigenvalue weighted by Gasteiger charge is 2.44. The number of aliphatic hydroxyl groups is 5. The molecule has 1 rings (SSSR count). The van der Waals surface area contributed by atoms with Crippen molar-refractivity contribution in [3.63, 3.8) is 0 Å². The summed E-state index contributed by atoms with van der Waals surface area (Å²) in [7, 11) is 0. The summed E-state index contributed by atoms with van der Waals surface area (Å²) >= 11 is 0. The maximum Gasteiger partial charge on any atom is 0.220 e. The quantitative estimate of drug-likeness (QED) is 0.0330. The minimum Gasteiger partial charge on any atom is -0.394 e. The van der Waals surface area contributed by atoms with E-state index in [4.69, 9.17) is 9.47 Å². The third kappa shape index (κ3) is 38.5. The van der Waals surface area contributed by atoms with E-state index in [0.29, 0.717) is 12.8 Å². The van der Waals surface area contributed by atoms with Crippen LogP contribution in [0, 0.1) is 0 Å². The lowest BCUT2D eigenvalue weighted by atomic mass is 9.99. The smallest absolute Gasteiger partial charge is 0.220 e. The number of ether oxygens (including phenoxy) is 2. The first-order chi connectivity index (χ1) is 32.8. The van der Waals surface area contributed by atoms with Crippen molar-refractivity contribution in [2.45, 2.75) is 352 Å². The minimum absolute atomic E-state index is 0.131. The summed E-state index contributed by atoms with van der Waals surface area (Å²) in [6.45, 7) is 3.89. The van der Waals surface area contributed by atoms with Crippen LogP contribution in [0.15, 0.2) is 0 Å². The highest BCUT2D eigenvalue weighted by Crippen LogP contribution is 2.23. The van der Waals surface area contributed by atoms with Crippen molar-refractivity contribution in [1.82, 2.24) is 5.32 Å². The number of amides is 1. The zero-order valence-electron chi connectivity index (χ0n) is 44.4. The van der Waals surface area contributed by atoms with E-state index in [1.807, 2.05) is 0 Å². The molecule has 0 aliphatic carbocycles. The van der Waals surface area contributed by atoms with Gasteiger partial charge < -0.3 is 40.3 Å². The van der Waals surface area contributed by atoms with Crippen molar-refractivity contribution < 1.29 is 39.8 Å². The van der Waals surface area contributed by atoms with Crippen LogP contribution in [0.5, 0.6) is 0 Å². The molecule has 9 heteroatoms. The third-order valence-electron chi connectivity index (χ3n) is 14.7. The molecule has 0 spiro atoms. The van der Waals surface area contributed by atoms with Gasteiger partial charge in [-0.1, -0.05) is 290 Å². The number of carbonyl (C=O) groups excluding carboxylic acids is 1. The van der Waals surface area contributed by atoms with Gasteiger partial charge in [-0.3, -0.25) is 4.79 Å². The molecule has 1 aliphatic heterocycles. The molecule has 67 heavy (non-hydrogen) atoms. The largest absolute Gasteiger partial charge is 0.394 e. The number of carbonyl (C=O) groups is 1. The molecule has 9 nitrogen and oxygen atoms in total. The van der Waals surface area contributed by atoms with Crippen molar-refractivity contribution in [3.8, 4) is 0 Å². The first kappa shape index (κ1) is 64.2. The van der Waals surface area contributed by atoms with Crippen LogP contribution in [-0.4, -0.2) is 87.5 Å². The van der Waals surface area contributed by atoms with Gasteiger partial charge in [0.2, 0.25) is 5.91 Å². The summed E-state index contributed by atoms with van der Waals surface area (Å²) in [6.07, 6.45) is 51.3. The van der Waals surface area contributed by atoms with Crippen molar-refractivity contribution in [3.05, 3.63) is 0 Å². The Hall–Kier alpha value is -0.810. The van der Waals surface area contributed by atoms with Gasteiger partial charge in [0.1, 0.15) is 24.4 Å². The summed E-state index contributed by atoms with van der Waals surface area (Å²) in [5.41, 5.74) is 0. The van der Waals surface area contributed by atoms with Gasteiger partial charge in [0.25, 0.3) is 0 Å². The predicted molar refractivity (Wildman–Crippen MR) is 281 cm³/mol. The molecule has 0 bridgehead atoms. The zero-order chi connectivity index (χ0) is 48.7. The van der Waals surface area contributed by atoms with E-state index < -0.39 is 49.5 Å². The van der Waals surface area contributed by atoms with E-state index in [1.165, 1.54) is 244 Å². The first-order valence-corrected chi connectivity index (χ1v) is 29.7. The molecule has 0 aromatic carbocycles. The lowest BCUT2D eigenvalue weighted by Crippen LogP contribution is -2.60. The highest BCUT2D eigenvalue weighted by molar-refractivity contribution is 5.76. The van der Waals surface area contributed by atoms with E-state index in [2.05, 4.69) is 19.2 Å². The number of nitrogens with one attached hydrogen (secondary N) is 1. The van der Waals surface area contributed by atoms with Gasteiger partial charge in [-0.25, -0.2) is 0 Å². The Labute approximate surface area is 414 Å². The average Bonchev–Trinajstić information content (AvgIpc) is 3.33. The molecule has 400 valence electrons. The Morgan fingerprint density at radius 2 is 0.746 bits per heavy atom. The molecule has 0 radical (unpaired) electrons. The Balaban J connectivity index is 2.17. The number of hydrogen-bond acceptors (Lipinski definition) is 8. The number of rotatable bonds is 52. The van der Waals surface area contributed by atoms with Gasteiger partial charge in [-0.15, -0.1) is 0 Å².